The largest absolute Gasteiger partial charge is 0.497 e. The molecule has 1 aliphatic rings. The fourth-order valence-corrected chi connectivity index (χ4v) is 3.66. The smallest absolute Gasteiger partial charge is 0.243 e. The predicted octanol–water partition coefficient (Wildman–Crippen LogP) is 2.85. The maximum Gasteiger partial charge on any atom is 0.243 e. The Hall–Kier alpha value is -3.49. The van der Waals surface area contributed by atoms with Gasteiger partial charge in [0.1, 0.15) is 5.75 Å². The Morgan fingerprint density at radius 3 is 2.17 bits per heavy atom. The van der Waals surface area contributed by atoms with Crippen LogP contribution in [-0.4, -0.2) is 48.6 Å². The number of aromatic nitrogens is 4. The van der Waals surface area contributed by atoms with Gasteiger partial charge in [-0.15, -0.1) is 0 Å². The highest BCUT2D eigenvalue weighted by molar-refractivity contribution is 5.55. The molecule has 29 heavy (non-hydrogen) atoms. The van der Waals surface area contributed by atoms with Gasteiger partial charge in [-0.05, 0) is 52.2 Å². The number of tetrazole rings is 1. The molecule has 0 fully saturated rings. The van der Waals surface area contributed by atoms with Crippen molar-refractivity contribution in [1.82, 2.24) is 20.2 Å². The number of anilines is 1. The van der Waals surface area contributed by atoms with E-state index in [1.807, 2.05) is 36.4 Å². The zero-order chi connectivity index (χ0) is 20.4. The van der Waals surface area contributed by atoms with Crippen LogP contribution in [0.25, 0.3) is 0 Å². The van der Waals surface area contributed by atoms with E-state index in [9.17, 15) is 0 Å². The van der Waals surface area contributed by atoms with Crippen LogP contribution in [0.4, 0.5) is 5.95 Å². The van der Waals surface area contributed by atoms with Gasteiger partial charge in [0.15, 0.2) is 11.5 Å². The van der Waals surface area contributed by atoms with Gasteiger partial charge in [0.2, 0.25) is 11.7 Å². The third kappa shape index (κ3) is 3.39. The topological polar surface area (TPSA) is 92.5 Å². The van der Waals surface area contributed by atoms with E-state index in [2.05, 4.69) is 20.8 Å². The standard InChI is InChI=1S/C20H23N5O4/c1-26-14-7-5-12(6-8-14)15-11-16(25-20(21-15)22-23-24-25)13-9-17(27-2)19(29-4)18(10-13)28-3/h5-10,15-16H,11H2,1-4H3,(H,21,22,24). The maximum absolute atomic E-state index is 5.52. The number of rotatable bonds is 6. The zero-order valence-electron chi connectivity index (χ0n) is 16.7. The summed E-state index contributed by atoms with van der Waals surface area (Å²) in [6.45, 7) is 0. The summed E-state index contributed by atoms with van der Waals surface area (Å²) in [4.78, 5) is 0. The molecule has 152 valence electrons. The summed E-state index contributed by atoms with van der Waals surface area (Å²) in [5, 5.41) is 15.6. The fraction of sp³-hybridized carbons (Fsp3) is 0.350. The van der Waals surface area contributed by atoms with Crippen molar-refractivity contribution in [2.45, 2.75) is 18.5 Å². The second kappa shape index (κ2) is 7.86. The lowest BCUT2D eigenvalue weighted by Gasteiger charge is -2.31. The van der Waals surface area contributed by atoms with E-state index in [-0.39, 0.29) is 12.1 Å². The minimum absolute atomic E-state index is 0.0310. The Bertz CT molecular complexity index is 964. The van der Waals surface area contributed by atoms with Crippen LogP contribution in [0.3, 0.4) is 0 Å². The summed E-state index contributed by atoms with van der Waals surface area (Å²) in [6.07, 6.45) is 0.739. The van der Waals surface area contributed by atoms with Crippen LogP contribution in [0.15, 0.2) is 36.4 Å². The van der Waals surface area contributed by atoms with Gasteiger partial charge in [0, 0.05) is 0 Å². The lowest BCUT2D eigenvalue weighted by Crippen LogP contribution is -2.28. The van der Waals surface area contributed by atoms with Gasteiger partial charge in [-0.25, -0.2) is 4.68 Å². The number of nitrogens with one attached hydrogen (secondary N) is 1. The van der Waals surface area contributed by atoms with Gasteiger partial charge in [0.05, 0.1) is 40.5 Å². The van der Waals surface area contributed by atoms with Crippen LogP contribution < -0.4 is 24.3 Å². The van der Waals surface area contributed by atoms with E-state index in [1.165, 1.54) is 0 Å². The van der Waals surface area contributed by atoms with Crippen LogP contribution in [0.1, 0.15) is 29.6 Å². The average molecular weight is 397 g/mol. The minimum atomic E-state index is -0.109. The molecule has 2 unspecified atom stereocenters. The number of hydrogen-bond acceptors (Lipinski definition) is 8. The van der Waals surface area contributed by atoms with Gasteiger partial charge >= 0.3 is 0 Å². The van der Waals surface area contributed by atoms with Crippen LogP contribution in [0.5, 0.6) is 23.0 Å². The summed E-state index contributed by atoms with van der Waals surface area (Å²) in [7, 11) is 6.45. The highest BCUT2D eigenvalue weighted by Gasteiger charge is 2.32. The van der Waals surface area contributed by atoms with Gasteiger partial charge < -0.3 is 24.3 Å². The van der Waals surface area contributed by atoms with Gasteiger partial charge in [0.25, 0.3) is 0 Å². The molecule has 2 atom stereocenters. The van der Waals surface area contributed by atoms with Crippen LogP contribution in [0, 0.1) is 0 Å². The van der Waals surface area contributed by atoms with E-state index in [1.54, 1.807) is 33.1 Å². The molecule has 0 spiro atoms. The lowest BCUT2D eigenvalue weighted by molar-refractivity contribution is 0.321. The van der Waals surface area contributed by atoms with Crippen molar-refractivity contribution >= 4 is 5.95 Å². The Labute approximate surface area is 168 Å². The van der Waals surface area contributed by atoms with Crippen molar-refractivity contribution in [3.63, 3.8) is 0 Å². The third-order valence-electron chi connectivity index (χ3n) is 5.14. The molecule has 0 saturated heterocycles. The first-order valence-electron chi connectivity index (χ1n) is 9.16. The van der Waals surface area contributed by atoms with Crippen molar-refractivity contribution < 1.29 is 18.9 Å². The Morgan fingerprint density at radius 2 is 1.59 bits per heavy atom. The third-order valence-corrected chi connectivity index (χ3v) is 5.14. The molecular formula is C20H23N5O4. The minimum Gasteiger partial charge on any atom is -0.497 e. The number of methoxy groups -OCH3 is 4. The average Bonchev–Trinajstić information content (AvgIpc) is 3.26. The number of hydrogen-bond donors (Lipinski definition) is 1. The molecule has 1 aromatic heterocycles. The second-order valence-electron chi connectivity index (χ2n) is 6.63. The van der Waals surface area contributed by atoms with E-state index >= 15 is 0 Å². The Balaban J connectivity index is 1.75. The monoisotopic (exact) mass is 397 g/mol. The molecule has 0 aliphatic carbocycles. The van der Waals surface area contributed by atoms with Crippen molar-refractivity contribution in [3.8, 4) is 23.0 Å². The number of nitrogens with zero attached hydrogens (tertiary/aromatic N) is 4. The molecule has 1 N–H and O–H groups in total. The molecule has 9 nitrogen and oxygen atoms in total. The molecule has 3 aromatic rings. The molecule has 1 aliphatic heterocycles. The first-order chi connectivity index (χ1) is 14.2. The van der Waals surface area contributed by atoms with Gasteiger partial charge in [-0.1, -0.05) is 17.2 Å². The van der Waals surface area contributed by atoms with Crippen LogP contribution in [-0.2, 0) is 0 Å². The summed E-state index contributed by atoms with van der Waals surface area (Å²) in [5.41, 5.74) is 2.09. The molecular weight excluding hydrogens is 374 g/mol. The summed E-state index contributed by atoms with van der Waals surface area (Å²) in [6, 6.07) is 11.8. The molecule has 2 heterocycles. The van der Waals surface area contributed by atoms with Crippen molar-refractivity contribution in [1.29, 1.82) is 0 Å². The van der Waals surface area contributed by atoms with Crippen molar-refractivity contribution in [3.05, 3.63) is 47.5 Å². The van der Waals surface area contributed by atoms with Gasteiger partial charge in [-0.2, -0.15) is 0 Å². The maximum atomic E-state index is 5.52. The molecule has 0 radical (unpaired) electrons. The van der Waals surface area contributed by atoms with E-state index < -0.39 is 0 Å². The normalized spacial score (nSPS) is 17.8. The molecule has 4 rings (SSSR count). The molecule has 0 saturated carbocycles. The molecule has 9 heteroatoms. The Kier molecular flexibility index (Phi) is 5.11. The number of benzene rings is 2. The van der Waals surface area contributed by atoms with Crippen molar-refractivity contribution in [2.75, 3.05) is 33.8 Å². The lowest BCUT2D eigenvalue weighted by atomic mass is 9.93. The van der Waals surface area contributed by atoms with E-state index in [0.717, 1.165) is 23.3 Å². The summed E-state index contributed by atoms with van der Waals surface area (Å²) in [5.74, 6) is 3.16. The highest BCUT2D eigenvalue weighted by atomic mass is 16.5. The summed E-state index contributed by atoms with van der Waals surface area (Å²) >= 11 is 0. The van der Waals surface area contributed by atoms with E-state index in [4.69, 9.17) is 18.9 Å². The highest BCUT2D eigenvalue weighted by Crippen LogP contribution is 2.44. The van der Waals surface area contributed by atoms with E-state index in [0.29, 0.717) is 23.2 Å². The fourth-order valence-electron chi connectivity index (χ4n) is 3.66. The first kappa shape index (κ1) is 18.9. The first-order valence-corrected chi connectivity index (χ1v) is 9.16. The zero-order valence-corrected chi connectivity index (χ0v) is 16.7. The quantitative estimate of drug-likeness (QED) is 0.679. The Morgan fingerprint density at radius 1 is 0.897 bits per heavy atom. The molecule has 0 bridgehead atoms. The summed E-state index contributed by atoms with van der Waals surface area (Å²) < 4.78 is 23.5. The van der Waals surface area contributed by atoms with Crippen molar-refractivity contribution in [2.24, 2.45) is 0 Å². The SMILES string of the molecule is COc1ccc(C2CC(c3cc(OC)c(OC)c(OC)c3)n3nnnc3N2)cc1. The molecule has 2 aromatic carbocycles. The second-order valence-corrected chi connectivity index (χ2v) is 6.63. The predicted molar refractivity (Wildman–Crippen MR) is 106 cm³/mol. The van der Waals surface area contributed by atoms with Gasteiger partial charge in [-0.3, -0.25) is 0 Å². The van der Waals surface area contributed by atoms with Crippen LogP contribution in [0.2, 0.25) is 0 Å². The molecule has 0 amide bonds. The van der Waals surface area contributed by atoms with Crippen LogP contribution >= 0.6 is 0 Å². The number of ether oxygens (including phenoxy) is 4. The number of fused-ring (bicyclic) bond motifs is 1.